The van der Waals surface area contributed by atoms with Crippen LogP contribution in [0.2, 0.25) is 0 Å². The lowest BCUT2D eigenvalue weighted by atomic mass is 10.1. The van der Waals surface area contributed by atoms with E-state index in [0.29, 0.717) is 12.1 Å². The van der Waals surface area contributed by atoms with Crippen LogP contribution in [0.5, 0.6) is 0 Å². The van der Waals surface area contributed by atoms with Gasteiger partial charge in [-0.2, -0.15) is 0 Å². The van der Waals surface area contributed by atoms with Gasteiger partial charge in [-0.1, -0.05) is 40.2 Å². The molecule has 0 amide bonds. The van der Waals surface area contributed by atoms with Crippen molar-refractivity contribution in [3.05, 3.63) is 46.0 Å². The van der Waals surface area contributed by atoms with Crippen LogP contribution in [0.3, 0.4) is 0 Å². The maximum Gasteiger partial charge on any atom is 0.0329 e. The highest BCUT2D eigenvalue weighted by Crippen LogP contribution is 2.36. The number of nitrogens with one attached hydrogen (secondary N) is 1. The second-order valence-corrected chi connectivity index (χ2v) is 5.56. The Morgan fingerprint density at radius 2 is 2.00 bits per heavy atom. The SMILES string of the molecule is Brc1cccc2c1CCC2NC1CC=CC1. The summed E-state index contributed by atoms with van der Waals surface area (Å²) in [5.41, 5.74) is 3.01. The first-order chi connectivity index (χ1) is 7.84. The van der Waals surface area contributed by atoms with Gasteiger partial charge in [-0.05, 0) is 42.9 Å². The lowest BCUT2D eigenvalue weighted by Gasteiger charge is -2.19. The first-order valence-electron chi connectivity index (χ1n) is 6.03. The molecule has 1 nitrogen and oxygen atoms in total. The Hall–Kier alpha value is -0.600. The number of hydrogen-bond donors (Lipinski definition) is 1. The lowest BCUT2D eigenvalue weighted by molar-refractivity contribution is 0.446. The Morgan fingerprint density at radius 1 is 1.19 bits per heavy atom. The molecule has 0 saturated carbocycles. The van der Waals surface area contributed by atoms with Gasteiger partial charge in [0, 0.05) is 16.6 Å². The van der Waals surface area contributed by atoms with Gasteiger partial charge in [-0.3, -0.25) is 0 Å². The molecule has 3 rings (SSSR count). The molecule has 1 N–H and O–H groups in total. The summed E-state index contributed by atoms with van der Waals surface area (Å²) in [6, 6.07) is 7.80. The van der Waals surface area contributed by atoms with Crippen molar-refractivity contribution in [3.8, 4) is 0 Å². The molecule has 0 heterocycles. The van der Waals surface area contributed by atoms with Crippen molar-refractivity contribution in [2.45, 2.75) is 37.8 Å². The molecular formula is C14H16BrN. The van der Waals surface area contributed by atoms with Crippen LogP contribution in [0.25, 0.3) is 0 Å². The Balaban J connectivity index is 1.78. The van der Waals surface area contributed by atoms with Gasteiger partial charge in [0.05, 0.1) is 0 Å². The molecule has 1 aromatic rings. The summed E-state index contributed by atoms with van der Waals surface area (Å²) >= 11 is 3.65. The van der Waals surface area contributed by atoms with Crippen molar-refractivity contribution >= 4 is 15.9 Å². The largest absolute Gasteiger partial charge is 0.307 e. The van der Waals surface area contributed by atoms with Gasteiger partial charge < -0.3 is 5.32 Å². The molecule has 0 spiro atoms. The summed E-state index contributed by atoms with van der Waals surface area (Å²) < 4.78 is 1.28. The highest BCUT2D eigenvalue weighted by Gasteiger charge is 2.25. The van der Waals surface area contributed by atoms with Crippen molar-refractivity contribution < 1.29 is 0 Å². The van der Waals surface area contributed by atoms with Crippen LogP contribution in [-0.4, -0.2) is 6.04 Å². The van der Waals surface area contributed by atoms with E-state index in [-0.39, 0.29) is 0 Å². The fourth-order valence-electron chi connectivity index (χ4n) is 2.82. The highest BCUT2D eigenvalue weighted by molar-refractivity contribution is 9.10. The van der Waals surface area contributed by atoms with E-state index in [1.54, 1.807) is 0 Å². The van der Waals surface area contributed by atoms with E-state index in [0.717, 1.165) is 0 Å². The smallest absolute Gasteiger partial charge is 0.0329 e. The molecule has 0 bridgehead atoms. The highest BCUT2D eigenvalue weighted by atomic mass is 79.9. The summed E-state index contributed by atoms with van der Waals surface area (Å²) in [7, 11) is 0. The molecule has 84 valence electrons. The summed E-state index contributed by atoms with van der Waals surface area (Å²) in [4.78, 5) is 0. The van der Waals surface area contributed by atoms with Crippen LogP contribution in [0.15, 0.2) is 34.8 Å². The van der Waals surface area contributed by atoms with E-state index >= 15 is 0 Å². The minimum absolute atomic E-state index is 0.567. The molecule has 0 radical (unpaired) electrons. The van der Waals surface area contributed by atoms with E-state index in [4.69, 9.17) is 0 Å². The van der Waals surface area contributed by atoms with E-state index in [1.807, 2.05) is 0 Å². The summed E-state index contributed by atoms with van der Waals surface area (Å²) in [5.74, 6) is 0. The first kappa shape index (κ1) is 10.5. The van der Waals surface area contributed by atoms with Crippen LogP contribution in [0, 0.1) is 0 Å². The van der Waals surface area contributed by atoms with E-state index in [9.17, 15) is 0 Å². The second kappa shape index (κ2) is 4.34. The second-order valence-electron chi connectivity index (χ2n) is 4.71. The van der Waals surface area contributed by atoms with E-state index < -0.39 is 0 Å². The average Bonchev–Trinajstić information content (AvgIpc) is 2.90. The minimum atomic E-state index is 0.567. The fourth-order valence-corrected chi connectivity index (χ4v) is 3.40. The molecule has 0 aliphatic heterocycles. The van der Waals surface area contributed by atoms with Crippen LogP contribution in [0.1, 0.15) is 36.4 Å². The van der Waals surface area contributed by atoms with E-state index in [1.165, 1.54) is 41.3 Å². The summed E-state index contributed by atoms with van der Waals surface area (Å²) in [6.45, 7) is 0. The fraction of sp³-hybridized carbons (Fsp3) is 0.429. The normalized spacial score (nSPS) is 23.9. The van der Waals surface area contributed by atoms with Crippen LogP contribution >= 0.6 is 15.9 Å². The third kappa shape index (κ3) is 1.85. The predicted octanol–water partition coefficient (Wildman–Crippen LogP) is 3.74. The number of benzene rings is 1. The maximum absolute atomic E-state index is 3.78. The zero-order chi connectivity index (χ0) is 11.0. The van der Waals surface area contributed by atoms with Crippen LogP contribution in [0.4, 0.5) is 0 Å². The molecule has 16 heavy (non-hydrogen) atoms. The van der Waals surface area contributed by atoms with Crippen LogP contribution < -0.4 is 5.32 Å². The van der Waals surface area contributed by atoms with Gasteiger partial charge in [-0.15, -0.1) is 0 Å². The topological polar surface area (TPSA) is 12.0 Å². The minimum Gasteiger partial charge on any atom is -0.307 e. The molecule has 0 fully saturated rings. The van der Waals surface area contributed by atoms with Gasteiger partial charge in [0.2, 0.25) is 0 Å². The standard InChI is InChI=1S/C14H16BrN/c15-13-7-3-6-12-11(13)8-9-14(12)16-10-4-1-2-5-10/h1-3,6-7,10,14,16H,4-5,8-9H2. The van der Waals surface area contributed by atoms with Gasteiger partial charge in [0.15, 0.2) is 0 Å². The van der Waals surface area contributed by atoms with Gasteiger partial charge in [0.25, 0.3) is 0 Å². The Bertz CT molecular complexity index is 417. The third-order valence-corrected chi connectivity index (χ3v) is 4.40. The molecule has 0 aromatic heterocycles. The molecule has 1 atom stereocenters. The van der Waals surface area contributed by atoms with Crippen molar-refractivity contribution in [2.24, 2.45) is 0 Å². The summed E-state index contributed by atoms with van der Waals surface area (Å²) in [5, 5.41) is 3.78. The molecule has 1 unspecified atom stereocenters. The zero-order valence-electron chi connectivity index (χ0n) is 9.25. The van der Waals surface area contributed by atoms with Crippen molar-refractivity contribution in [3.63, 3.8) is 0 Å². The quantitative estimate of drug-likeness (QED) is 0.812. The number of rotatable bonds is 2. The molecule has 2 heteroatoms. The van der Waals surface area contributed by atoms with Crippen LogP contribution in [-0.2, 0) is 6.42 Å². The summed E-state index contributed by atoms with van der Waals surface area (Å²) in [6.07, 6.45) is 9.41. The predicted molar refractivity (Wildman–Crippen MR) is 70.5 cm³/mol. The number of halogens is 1. The molecule has 2 aliphatic rings. The Labute approximate surface area is 105 Å². The monoisotopic (exact) mass is 277 g/mol. The molecule has 2 aliphatic carbocycles. The third-order valence-electron chi connectivity index (χ3n) is 3.66. The molecular weight excluding hydrogens is 262 g/mol. The van der Waals surface area contributed by atoms with Crippen molar-refractivity contribution in [1.82, 2.24) is 5.32 Å². The lowest BCUT2D eigenvalue weighted by Crippen LogP contribution is -2.29. The Kier molecular flexibility index (Phi) is 2.86. The first-order valence-corrected chi connectivity index (χ1v) is 6.82. The maximum atomic E-state index is 3.78. The van der Waals surface area contributed by atoms with Crippen molar-refractivity contribution in [2.75, 3.05) is 0 Å². The van der Waals surface area contributed by atoms with Crippen molar-refractivity contribution in [1.29, 1.82) is 0 Å². The zero-order valence-corrected chi connectivity index (χ0v) is 10.8. The number of hydrogen-bond acceptors (Lipinski definition) is 1. The van der Waals surface area contributed by atoms with Gasteiger partial charge >= 0.3 is 0 Å². The Morgan fingerprint density at radius 3 is 2.81 bits per heavy atom. The average molecular weight is 278 g/mol. The van der Waals surface area contributed by atoms with E-state index in [2.05, 4.69) is 51.6 Å². The number of fused-ring (bicyclic) bond motifs is 1. The van der Waals surface area contributed by atoms with Gasteiger partial charge in [0.1, 0.15) is 0 Å². The molecule has 1 aromatic carbocycles. The van der Waals surface area contributed by atoms with Gasteiger partial charge in [-0.25, -0.2) is 0 Å². The molecule has 0 saturated heterocycles.